The molecule has 1 unspecified atom stereocenters. The molecule has 0 bridgehead atoms. The van der Waals surface area contributed by atoms with E-state index in [9.17, 15) is 27.8 Å². The highest BCUT2D eigenvalue weighted by atomic mass is 32.2. The molecule has 0 amide bonds. The van der Waals surface area contributed by atoms with Gasteiger partial charge in [0, 0.05) is 17.7 Å². The van der Waals surface area contributed by atoms with Gasteiger partial charge in [0.25, 0.3) is 5.69 Å². The van der Waals surface area contributed by atoms with Gasteiger partial charge >= 0.3 is 6.18 Å². The van der Waals surface area contributed by atoms with Gasteiger partial charge in [-0.2, -0.15) is 13.2 Å². The normalized spacial score (nSPS) is 14.4. The number of nitro groups is 1. The van der Waals surface area contributed by atoms with Gasteiger partial charge in [-0.3, -0.25) is 10.1 Å². The Morgan fingerprint density at radius 1 is 1.24 bits per heavy atom. The van der Waals surface area contributed by atoms with Gasteiger partial charge < -0.3 is 4.55 Å². The molecule has 0 N–H and O–H groups in total. The smallest absolute Gasteiger partial charge is 0.416 e. The summed E-state index contributed by atoms with van der Waals surface area (Å²) in [5, 5.41) is 10.7. The first-order valence-electron chi connectivity index (χ1n) is 5.74. The molecule has 0 aliphatic carbocycles. The van der Waals surface area contributed by atoms with Crippen molar-refractivity contribution in [1.82, 2.24) is 0 Å². The number of halogens is 3. The number of hydrogen-bond donors (Lipinski definition) is 0. The molecule has 1 aromatic rings. The van der Waals surface area contributed by atoms with Crippen molar-refractivity contribution in [3.63, 3.8) is 0 Å². The molecular weight excluding hydrogens is 309 g/mol. The average Bonchev–Trinajstić information content (AvgIpc) is 2.33. The van der Waals surface area contributed by atoms with Gasteiger partial charge in [0.2, 0.25) is 0 Å². The first kappa shape index (κ1) is 17.4. The van der Waals surface area contributed by atoms with E-state index in [0.717, 1.165) is 18.3 Å². The van der Waals surface area contributed by atoms with Crippen LogP contribution in [0.5, 0.6) is 0 Å². The van der Waals surface area contributed by atoms with Gasteiger partial charge in [0.05, 0.1) is 16.7 Å². The van der Waals surface area contributed by atoms with Crippen molar-refractivity contribution in [3.8, 4) is 0 Å². The number of alkyl halides is 3. The Hall–Kier alpha value is -1.61. The van der Waals surface area contributed by atoms with Crippen molar-refractivity contribution in [3.05, 3.63) is 39.4 Å². The van der Waals surface area contributed by atoms with E-state index < -0.39 is 38.5 Å². The largest absolute Gasteiger partial charge is 0.591 e. The highest BCUT2D eigenvalue weighted by molar-refractivity contribution is 7.91. The fraction of sp³-hybridized carbons (Fsp3) is 0.417. The first-order chi connectivity index (χ1) is 9.41. The van der Waals surface area contributed by atoms with Crippen LogP contribution in [0.2, 0.25) is 0 Å². The van der Waals surface area contributed by atoms with Crippen LogP contribution in [0.3, 0.4) is 0 Å². The quantitative estimate of drug-likeness (QED) is 0.370. The van der Waals surface area contributed by atoms with Crippen LogP contribution in [0.15, 0.2) is 22.6 Å². The van der Waals surface area contributed by atoms with Gasteiger partial charge in [-0.1, -0.05) is 4.40 Å². The maximum absolute atomic E-state index is 12.7. The fourth-order valence-electron chi connectivity index (χ4n) is 1.25. The van der Waals surface area contributed by atoms with Crippen molar-refractivity contribution < 1.29 is 22.6 Å². The van der Waals surface area contributed by atoms with E-state index in [1.807, 2.05) is 0 Å². The van der Waals surface area contributed by atoms with E-state index in [2.05, 4.69) is 4.40 Å². The van der Waals surface area contributed by atoms with Crippen molar-refractivity contribution in [1.29, 1.82) is 0 Å². The lowest BCUT2D eigenvalue weighted by atomic mass is 10.1. The highest BCUT2D eigenvalue weighted by Gasteiger charge is 2.33. The van der Waals surface area contributed by atoms with E-state index in [-0.39, 0.29) is 5.56 Å². The van der Waals surface area contributed by atoms with Crippen LogP contribution in [0.25, 0.3) is 0 Å². The molecule has 0 spiro atoms. The molecule has 0 aliphatic heterocycles. The molecule has 116 valence electrons. The molecule has 0 heterocycles. The highest BCUT2D eigenvalue weighted by Crippen LogP contribution is 2.32. The SMILES string of the molecule is CC(C)(C)[S+]([O-])/N=C\c1cc([N+](=O)[O-])cc(C(F)(F)F)c1. The Morgan fingerprint density at radius 3 is 2.24 bits per heavy atom. The number of benzene rings is 1. The van der Waals surface area contributed by atoms with Crippen molar-refractivity contribution in [2.45, 2.75) is 31.7 Å². The number of hydrogen-bond acceptors (Lipinski definition) is 4. The zero-order valence-corrected chi connectivity index (χ0v) is 12.3. The Balaban J connectivity index is 3.21. The zero-order valence-electron chi connectivity index (χ0n) is 11.5. The van der Waals surface area contributed by atoms with E-state index in [4.69, 9.17) is 0 Å². The predicted octanol–water partition coefficient (Wildman–Crippen LogP) is 3.49. The first-order valence-corrected chi connectivity index (χ1v) is 6.84. The summed E-state index contributed by atoms with van der Waals surface area (Å²) in [5.41, 5.74) is -1.98. The molecule has 0 saturated carbocycles. The van der Waals surface area contributed by atoms with Crippen LogP contribution < -0.4 is 0 Å². The van der Waals surface area contributed by atoms with E-state index in [1.165, 1.54) is 0 Å². The standard InChI is InChI=1S/C12H13F3N2O3S/c1-11(2,3)21(20)16-7-8-4-9(12(13,14)15)6-10(5-8)17(18)19/h4-7H,1-3H3/b16-7-. The van der Waals surface area contributed by atoms with E-state index >= 15 is 0 Å². The molecule has 21 heavy (non-hydrogen) atoms. The van der Waals surface area contributed by atoms with Gasteiger partial charge in [-0.05, 0) is 26.8 Å². The summed E-state index contributed by atoms with van der Waals surface area (Å²) >= 11 is -1.66. The third kappa shape index (κ3) is 5.01. The molecule has 1 atom stereocenters. The zero-order chi connectivity index (χ0) is 16.4. The van der Waals surface area contributed by atoms with Crippen LogP contribution in [-0.2, 0) is 17.5 Å². The van der Waals surface area contributed by atoms with Crippen molar-refractivity contribution >= 4 is 23.3 Å². The summed E-state index contributed by atoms with van der Waals surface area (Å²) in [7, 11) is 0. The molecule has 0 aromatic heterocycles. The van der Waals surface area contributed by atoms with Gasteiger partial charge in [-0.25, -0.2) is 0 Å². The van der Waals surface area contributed by atoms with Gasteiger partial charge in [0.1, 0.15) is 16.1 Å². The van der Waals surface area contributed by atoms with Crippen molar-refractivity contribution in [2.75, 3.05) is 0 Å². The Labute approximate surface area is 122 Å². The Bertz CT molecular complexity index is 568. The molecule has 5 nitrogen and oxygen atoms in total. The van der Waals surface area contributed by atoms with E-state index in [1.54, 1.807) is 20.8 Å². The van der Waals surface area contributed by atoms with Crippen molar-refractivity contribution in [2.24, 2.45) is 4.40 Å². The van der Waals surface area contributed by atoms with Crippen LogP contribution in [0.4, 0.5) is 18.9 Å². The summed E-state index contributed by atoms with van der Waals surface area (Å²) < 4.78 is 52.7. The number of nitro benzene ring substituents is 1. The lowest BCUT2D eigenvalue weighted by molar-refractivity contribution is -0.385. The van der Waals surface area contributed by atoms with E-state index in [0.29, 0.717) is 6.07 Å². The molecule has 1 aromatic carbocycles. The lowest BCUT2D eigenvalue weighted by Gasteiger charge is -2.17. The molecule has 0 saturated heterocycles. The second-order valence-corrected chi connectivity index (χ2v) is 7.10. The summed E-state index contributed by atoms with van der Waals surface area (Å²) in [6.45, 7) is 4.94. The van der Waals surface area contributed by atoms with Crippen LogP contribution in [-0.4, -0.2) is 20.4 Å². The van der Waals surface area contributed by atoms with Gasteiger partial charge in [0.15, 0.2) is 0 Å². The summed E-state index contributed by atoms with van der Waals surface area (Å²) in [6.07, 6.45) is -3.76. The average molecular weight is 322 g/mol. The third-order valence-electron chi connectivity index (χ3n) is 2.30. The fourth-order valence-corrected chi connectivity index (χ4v) is 1.78. The molecule has 0 fully saturated rings. The minimum atomic E-state index is -4.71. The summed E-state index contributed by atoms with van der Waals surface area (Å²) in [6, 6.07) is 2.10. The second kappa shape index (κ2) is 6.02. The minimum absolute atomic E-state index is 0.130. The number of nitrogens with zero attached hydrogens (tertiary/aromatic N) is 2. The predicted molar refractivity (Wildman–Crippen MR) is 73.6 cm³/mol. The summed E-state index contributed by atoms with van der Waals surface area (Å²) in [5.74, 6) is 0. The summed E-state index contributed by atoms with van der Waals surface area (Å²) in [4.78, 5) is 9.74. The Kier molecular flexibility index (Phi) is 5.00. The lowest BCUT2D eigenvalue weighted by Crippen LogP contribution is -2.25. The third-order valence-corrected chi connectivity index (χ3v) is 3.64. The monoisotopic (exact) mass is 322 g/mol. The topological polar surface area (TPSA) is 78.6 Å². The van der Waals surface area contributed by atoms with Gasteiger partial charge in [-0.15, -0.1) is 0 Å². The minimum Gasteiger partial charge on any atom is -0.591 e. The van der Waals surface area contributed by atoms with Crippen LogP contribution in [0.1, 0.15) is 31.9 Å². The number of rotatable bonds is 3. The molecule has 0 radical (unpaired) electrons. The van der Waals surface area contributed by atoms with Crippen LogP contribution >= 0.6 is 0 Å². The molecule has 9 heteroatoms. The number of non-ortho nitro benzene ring substituents is 1. The van der Waals surface area contributed by atoms with Crippen LogP contribution in [0, 0.1) is 10.1 Å². The Morgan fingerprint density at radius 2 is 1.81 bits per heavy atom. The molecule has 0 aliphatic rings. The maximum Gasteiger partial charge on any atom is 0.416 e. The second-order valence-electron chi connectivity index (χ2n) is 5.16. The maximum atomic E-state index is 12.7. The molecular formula is C12H13F3N2O3S. The molecule has 1 rings (SSSR count).